The van der Waals surface area contributed by atoms with Gasteiger partial charge in [0, 0.05) is 57.2 Å². The SMILES string of the molecule is CN(CC(=O)N1CCN(c2ncccn2)CC1)c1nn2c(NC3CCCC3)c(-c3ccccc3)nc2s1. The Morgan fingerprint density at radius 1 is 1.05 bits per heavy atom. The Hall–Kier alpha value is -3.73. The lowest BCUT2D eigenvalue weighted by Crippen LogP contribution is -2.51. The van der Waals surface area contributed by atoms with Crippen LogP contribution in [0, 0.1) is 0 Å². The summed E-state index contributed by atoms with van der Waals surface area (Å²) >= 11 is 1.51. The average molecular weight is 518 g/mol. The molecule has 3 aromatic heterocycles. The van der Waals surface area contributed by atoms with Crippen LogP contribution in [0.25, 0.3) is 16.2 Å². The van der Waals surface area contributed by atoms with Crippen LogP contribution in [0.1, 0.15) is 25.7 Å². The summed E-state index contributed by atoms with van der Waals surface area (Å²) in [5, 5.41) is 9.40. The maximum absolute atomic E-state index is 13.1. The molecule has 1 saturated carbocycles. The summed E-state index contributed by atoms with van der Waals surface area (Å²) in [6, 6.07) is 12.5. The zero-order chi connectivity index (χ0) is 25.2. The van der Waals surface area contributed by atoms with Crippen LogP contribution >= 0.6 is 11.3 Å². The van der Waals surface area contributed by atoms with Crippen LogP contribution in [0.4, 0.5) is 16.9 Å². The highest BCUT2D eigenvalue weighted by molar-refractivity contribution is 7.20. The number of rotatable bonds is 7. The zero-order valence-electron chi connectivity index (χ0n) is 21.0. The van der Waals surface area contributed by atoms with Crippen LogP contribution in [-0.2, 0) is 4.79 Å². The molecule has 1 aliphatic heterocycles. The molecule has 1 saturated heterocycles. The van der Waals surface area contributed by atoms with Crippen molar-refractivity contribution in [2.75, 3.05) is 54.9 Å². The minimum Gasteiger partial charge on any atom is -0.365 e. The fourth-order valence-electron chi connectivity index (χ4n) is 5.06. The highest BCUT2D eigenvalue weighted by atomic mass is 32.1. The number of hydrogen-bond acceptors (Lipinski definition) is 9. The minimum atomic E-state index is 0.0956. The van der Waals surface area contributed by atoms with Crippen LogP contribution in [0.15, 0.2) is 48.8 Å². The van der Waals surface area contributed by atoms with E-state index in [2.05, 4.69) is 32.3 Å². The quantitative estimate of drug-likeness (QED) is 0.399. The lowest BCUT2D eigenvalue weighted by Gasteiger charge is -2.35. The summed E-state index contributed by atoms with van der Waals surface area (Å²) in [6.45, 7) is 3.03. The molecule has 0 bridgehead atoms. The number of piperazine rings is 1. The van der Waals surface area contributed by atoms with Crippen LogP contribution in [0.2, 0.25) is 0 Å². The lowest BCUT2D eigenvalue weighted by atomic mass is 10.1. The number of hydrogen-bond donors (Lipinski definition) is 1. The second-order valence-corrected chi connectivity index (χ2v) is 10.6. The van der Waals surface area contributed by atoms with Gasteiger partial charge in [0.05, 0.1) is 6.54 Å². The summed E-state index contributed by atoms with van der Waals surface area (Å²) < 4.78 is 1.92. The molecule has 4 heterocycles. The Labute approximate surface area is 220 Å². The van der Waals surface area contributed by atoms with Crippen LogP contribution in [-0.4, -0.2) is 81.2 Å². The molecule has 1 N–H and O–H groups in total. The fraction of sp³-hybridized carbons (Fsp3) is 0.423. The van der Waals surface area contributed by atoms with Crippen molar-refractivity contribution >= 4 is 39.1 Å². The Morgan fingerprint density at radius 2 is 1.78 bits per heavy atom. The zero-order valence-corrected chi connectivity index (χ0v) is 21.8. The van der Waals surface area contributed by atoms with Crippen molar-refractivity contribution in [3.8, 4) is 11.3 Å². The first-order valence-corrected chi connectivity index (χ1v) is 13.7. The van der Waals surface area contributed by atoms with E-state index in [4.69, 9.17) is 10.1 Å². The van der Waals surface area contributed by atoms with E-state index in [0.29, 0.717) is 19.1 Å². The van der Waals surface area contributed by atoms with Gasteiger partial charge >= 0.3 is 0 Å². The number of carbonyl (C=O) groups is 1. The summed E-state index contributed by atoms with van der Waals surface area (Å²) in [4.78, 5) is 33.5. The Balaban J connectivity index is 1.16. The van der Waals surface area contributed by atoms with Gasteiger partial charge in [0.1, 0.15) is 5.69 Å². The normalized spacial score (nSPS) is 16.5. The maximum Gasteiger partial charge on any atom is 0.242 e. The molecule has 192 valence electrons. The first-order valence-electron chi connectivity index (χ1n) is 12.9. The minimum absolute atomic E-state index is 0.0956. The number of imidazole rings is 1. The van der Waals surface area contributed by atoms with Gasteiger partial charge in [-0.1, -0.05) is 54.5 Å². The summed E-state index contributed by atoms with van der Waals surface area (Å²) in [6.07, 6.45) is 8.32. The lowest BCUT2D eigenvalue weighted by molar-refractivity contribution is -0.129. The molecular weight excluding hydrogens is 486 g/mol. The molecule has 0 unspecified atom stereocenters. The number of aromatic nitrogens is 5. The molecule has 2 aliphatic rings. The van der Waals surface area contributed by atoms with Crippen molar-refractivity contribution in [2.45, 2.75) is 31.7 Å². The molecule has 11 heteroatoms. The molecule has 1 amide bonds. The number of amides is 1. The molecule has 1 aromatic carbocycles. The van der Waals surface area contributed by atoms with Crippen molar-refractivity contribution in [3.63, 3.8) is 0 Å². The van der Waals surface area contributed by atoms with Gasteiger partial charge < -0.3 is 20.0 Å². The largest absolute Gasteiger partial charge is 0.365 e. The number of fused-ring (bicyclic) bond motifs is 1. The second-order valence-electron chi connectivity index (χ2n) is 9.65. The topological polar surface area (TPSA) is 94.8 Å². The van der Waals surface area contributed by atoms with E-state index in [1.54, 1.807) is 12.4 Å². The molecule has 4 aromatic rings. The van der Waals surface area contributed by atoms with E-state index in [1.165, 1.54) is 24.2 Å². The van der Waals surface area contributed by atoms with Gasteiger partial charge in [0.2, 0.25) is 21.9 Å². The second kappa shape index (κ2) is 10.3. The predicted octanol–water partition coefficient (Wildman–Crippen LogP) is 3.39. The van der Waals surface area contributed by atoms with Gasteiger partial charge in [0.15, 0.2) is 5.82 Å². The third-order valence-electron chi connectivity index (χ3n) is 7.10. The van der Waals surface area contributed by atoms with E-state index in [1.807, 2.05) is 45.6 Å². The number of nitrogens with zero attached hydrogens (tertiary/aromatic N) is 8. The summed E-state index contributed by atoms with van der Waals surface area (Å²) in [5.41, 5.74) is 2.00. The number of likely N-dealkylation sites (N-methyl/N-ethyl adjacent to an activating group) is 1. The highest BCUT2D eigenvalue weighted by Crippen LogP contribution is 2.35. The molecule has 0 atom stereocenters. The maximum atomic E-state index is 13.1. The predicted molar refractivity (Wildman–Crippen MR) is 146 cm³/mol. The molecule has 10 nitrogen and oxygen atoms in total. The molecule has 2 fully saturated rings. The van der Waals surface area contributed by atoms with E-state index < -0.39 is 0 Å². The Bertz CT molecular complexity index is 1340. The molecular formula is C26H31N9OS. The van der Waals surface area contributed by atoms with E-state index >= 15 is 0 Å². The third kappa shape index (κ3) is 4.95. The standard InChI is InChI=1S/C26H31N9OS/c1-32(18-21(36)33-14-16-34(17-15-33)24-27-12-7-13-28-24)26-31-35-23(29-20-10-5-6-11-20)22(30-25(35)37-26)19-8-3-2-4-9-19/h2-4,7-9,12-13,20,29H,5-6,10-11,14-18H2,1H3. The molecule has 0 spiro atoms. The first-order chi connectivity index (χ1) is 18.2. The van der Waals surface area contributed by atoms with Gasteiger partial charge in [0.25, 0.3) is 0 Å². The number of carbonyl (C=O) groups excluding carboxylic acids is 1. The first kappa shape index (κ1) is 23.7. The van der Waals surface area contributed by atoms with Gasteiger partial charge in [-0.25, -0.2) is 15.0 Å². The van der Waals surface area contributed by atoms with Gasteiger partial charge in [-0.05, 0) is 18.9 Å². The Morgan fingerprint density at radius 3 is 2.51 bits per heavy atom. The molecule has 1 aliphatic carbocycles. The Kier molecular flexibility index (Phi) is 6.60. The van der Waals surface area contributed by atoms with E-state index in [-0.39, 0.29) is 12.5 Å². The van der Waals surface area contributed by atoms with Crippen molar-refractivity contribution in [3.05, 3.63) is 48.8 Å². The van der Waals surface area contributed by atoms with Gasteiger partial charge in [-0.15, -0.1) is 5.10 Å². The van der Waals surface area contributed by atoms with Gasteiger partial charge in [-0.3, -0.25) is 4.79 Å². The average Bonchev–Trinajstić information content (AvgIpc) is 3.68. The van der Waals surface area contributed by atoms with Crippen molar-refractivity contribution in [2.24, 2.45) is 0 Å². The molecule has 6 rings (SSSR count). The molecule has 37 heavy (non-hydrogen) atoms. The monoisotopic (exact) mass is 517 g/mol. The number of anilines is 3. The van der Waals surface area contributed by atoms with Crippen LogP contribution in [0.5, 0.6) is 0 Å². The fourth-order valence-corrected chi connectivity index (χ4v) is 5.93. The third-order valence-corrected chi connectivity index (χ3v) is 8.13. The number of nitrogens with one attached hydrogen (secondary N) is 1. The van der Waals surface area contributed by atoms with Crippen molar-refractivity contribution in [1.82, 2.24) is 29.5 Å². The van der Waals surface area contributed by atoms with Crippen LogP contribution < -0.4 is 15.1 Å². The number of benzene rings is 1. The van der Waals surface area contributed by atoms with E-state index in [0.717, 1.165) is 59.0 Å². The summed E-state index contributed by atoms with van der Waals surface area (Å²) in [5.74, 6) is 1.75. The highest BCUT2D eigenvalue weighted by Gasteiger charge is 2.26. The summed E-state index contributed by atoms with van der Waals surface area (Å²) in [7, 11) is 1.92. The van der Waals surface area contributed by atoms with Gasteiger partial charge in [-0.2, -0.15) is 4.52 Å². The smallest absolute Gasteiger partial charge is 0.242 e. The van der Waals surface area contributed by atoms with Crippen LogP contribution in [0.3, 0.4) is 0 Å². The van der Waals surface area contributed by atoms with Crippen molar-refractivity contribution < 1.29 is 4.79 Å². The van der Waals surface area contributed by atoms with Crippen molar-refractivity contribution in [1.29, 1.82) is 0 Å². The van der Waals surface area contributed by atoms with E-state index in [9.17, 15) is 4.79 Å². The molecule has 0 radical (unpaired) electrons.